The molecule has 0 N–H and O–H groups in total. The first kappa shape index (κ1) is 12.7. The predicted molar refractivity (Wildman–Crippen MR) is 74.4 cm³/mol. The summed E-state index contributed by atoms with van der Waals surface area (Å²) in [4.78, 5) is 12.3. The van der Waals surface area contributed by atoms with Gasteiger partial charge in [-0.3, -0.25) is 4.79 Å². The predicted octanol–water partition coefficient (Wildman–Crippen LogP) is 3.01. The van der Waals surface area contributed by atoms with Gasteiger partial charge in [-0.1, -0.05) is 6.07 Å². The number of hydrogen-bond donors (Lipinski definition) is 0. The van der Waals surface area contributed by atoms with Crippen molar-refractivity contribution in [1.82, 2.24) is 0 Å². The highest BCUT2D eigenvalue weighted by molar-refractivity contribution is 7.08. The molecule has 100 valence electrons. The lowest BCUT2D eigenvalue weighted by molar-refractivity contribution is 0.0979. The Labute approximate surface area is 120 Å². The zero-order valence-corrected chi connectivity index (χ0v) is 11.4. The molecule has 0 bridgehead atoms. The van der Waals surface area contributed by atoms with Crippen LogP contribution in [0, 0.1) is 11.3 Å². The van der Waals surface area contributed by atoms with E-state index in [0.29, 0.717) is 35.8 Å². The minimum absolute atomic E-state index is 0.189. The molecule has 0 spiro atoms. The highest BCUT2D eigenvalue weighted by atomic mass is 32.1. The molecule has 0 amide bonds. The summed E-state index contributed by atoms with van der Waals surface area (Å²) in [5.74, 6) is 0.234. The number of Topliss-reactive ketones (excluding diaryl/α,β-unsaturated/α-hetero) is 1. The maximum absolute atomic E-state index is 12.3. The molecular weight excluding hydrogens is 274 g/mol. The molecule has 0 aliphatic carbocycles. The summed E-state index contributed by atoms with van der Waals surface area (Å²) >= 11 is 1.44. The lowest BCUT2D eigenvalue weighted by Crippen LogP contribution is -2.16. The van der Waals surface area contributed by atoms with Gasteiger partial charge in [0.05, 0.1) is 6.07 Å². The van der Waals surface area contributed by atoms with Gasteiger partial charge in [-0.15, -0.1) is 0 Å². The van der Waals surface area contributed by atoms with Gasteiger partial charge in [0, 0.05) is 10.9 Å². The van der Waals surface area contributed by atoms with Crippen molar-refractivity contribution in [1.29, 1.82) is 5.26 Å². The normalized spacial score (nSPS) is 14.3. The van der Waals surface area contributed by atoms with Crippen LogP contribution < -0.4 is 9.47 Å². The molecule has 5 heteroatoms. The maximum atomic E-state index is 12.3. The van der Waals surface area contributed by atoms with Gasteiger partial charge < -0.3 is 9.47 Å². The topological polar surface area (TPSA) is 59.3 Å². The number of ether oxygens (including phenoxy) is 2. The fourth-order valence-corrected chi connectivity index (χ4v) is 2.74. The summed E-state index contributed by atoms with van der Waals surface area (Å²) in [5.41, 5.74) is 1.20. The zero-order chi connectivity index (χ0) is 13.9. The summed E-state index contributed by atoms with van der Waals surface area (Å²) in [6, 6.07) is 9.01. The van der Waals surface area contributed by atoms with Gasteiger partial charge in [-0.25, -0.2) is 0 Å². The van der Waals surface area contributed by atoms with E-state index in [4.69, 9.17) is 9.47 Å². The zero-order valence-electron chi connectivity index (χ0n) is 10.5. The lowest BCUT2D eigenvalue weighted by atomic mass is 9.93. The lowest BCUT2D eigenvalue weighted by Gasteiger charge is -2.19. The molecule has 0 saturated carbocycles. The quantitative estimate of drug-likeness (QED) is 0.813. The van der Waals surface area contributed by atoms with Crippen LogP contribution >= 0.6 is 11.3 Å². The van der Waals surface area contributed by atoms with Gasteiger partial charge in [0.1, 0.15) is 19.1 Å². The number of nitriles is 1. The summed E-state index contributed by atoms with van der Waals surface area (Å²) in [5, 5.41) is 12.9. The molecule has 1 aliphatic heterocycles. The average Bonchev–Trinajstić information content (AvgIpc) is 3.02. The monoisotopic (exact) mass is 285 g/mol. The van der Waals surface area contributed by atoms with Gasteiger partial charge >= 0.3 is 0 Å². The number of hydrogen-bond acceptors (Lipinski definition) is 5. The van der Waals surface area contributed by atoms with Crippen LogP contribution in [0.15, 0.2) is 35.0 Å². The van der Waals surface area contributed by atoms with Gasteiger partial charge in [-0.05, 0) is 29.1 Å². The van der Waals surface area contributed by atoms with Crippen molar-refractivity contribution >= 4 is 17.1 Å². The second kappa shape index (κ2) is 5.35. The van der Waals surface area contributed by atoms with E-state index in [9.17, 15) is 10.1 Å². The number of rotatable bonds is 3. The number of fused-ring (bicyclic) bond motifs is 1. The van der Waals surface area contributed by atoms with Crippen molar-refractivity contribution < 1.29 is 14.3 Å². The molecule has 3 rings (SSSR count). The van der Waals surface area contributed by atoms with Gasteiger partial charge in [0.2, 0.25) is 0 Å². The van der Waals surface area contributed by atoms with Crippen molar-refractivity contribution in [3.05, 3.63) is 46.2 Å². The molecular formula is C15H11NO3S. The minimum atomic E-state index is -0.819. The molecule has 1 aromatic heterocycles. The first-order valence-corrected chi connectivity index (χ1v) is 7.09. The number of ketones is 1. The largest absolute Gasteiger partial charge is 0.486 e. The molecule has 2 heterocycles. The maximum Gasteiger partial charge on any atom is 0.185 e. The summed E-state index contributed by atoms with van der Waals surface area (Å²) in [6.07, 6.45) is 0. The molecule has 1 unspecified atom stereocenters. The third-order valence-corrected chi connectivity index (χ3v) is 3.78. The Bertz CT molecular complexity index is 673. The molecule has 1 atom stereocenters. The van der Waals surface area contributed by atoms with Crippen LogP contribution in [0.25, 0.3) is 0 Å². The van der Waals surface area contributed by atoms with Crippen LogP contribution in [0.3, 0.4) is 0 Å². The number of nitrogens with zero attached hydrogens (tertiary/aromatic N) is 1. The van der Waals surface area contributed by atoms with E-state index in [1.165, 1.54) is 11.3 Å². The van der Waals surface area contributed by atoms with E-state index in [0.717, 1.165) is 0 Å². The molecule has 1 aliphatic rings. The van der Waals surface area contributed by atoms with E-state index in [-0.39, 0.29) is 5.78 Å². The molecule has 20 heavy (non-hydrogen) atoms. The standard InChI is InChI=1S/C15H11NO3S/c16-8-12(15(17)11-3-6-20-9-11)10-1-2-13-14(7-10)19-5-4-18-13/h1-3,6-7,9,12H,4-5H2. The van der Waals surface area contributed by atoms with Crippen molar-refractivity contribution in [2.24, 2.45) is 0 Å². The molecule has 0 radical (unpaired) electrons. The van der Waals surface area contributed by atoms with E-state index >= 15 is 0 Å². The Balaban J connectivity index is 1.94. The van der Waals surface area contributed by atoms with E-state index in [1.54, 1.807) is 29.6 Å². The third-order valence-electron chi connectivity index (χ3n) is 3.10. The number of thiophene rings is 1. The van der Waals surface area contributed by atoms with Crippen molar-refractivity contribution in [3.8, 4) is 17.6 Å². The molecule has 1 aromatic carbocycles. The van der Waals surface area contributed by atoms with Crippen LogP contribution in [-0.2, 0) is 0 Å². The summed E-state index contributed by atoms with van der Waals surface area (Å²) in [7, 11) is 0. The van der Waals surface area contributed by atoms with E-state index in [1.807, 2.05) is 5.38 Å². The SMILES string of the molecule is N#CC(C(=O)c1ccsc1)c1ccc2c(c1)OCCO2. The van der Waals surface area contributed by atoms with Crippen molar-refractivity contribution in [2.75, 3.05) is 13.2 Å². The Hall–Kier alpha value is -2.32. The first-order valence-electron chi connectivity index (χ1n) is 6.15. The van der Waals surface area contributed by atoms with Crippen molar-refractivity contribution in [3.63, 3.8) is 0 Å². The Morgan fingerprint density at radius 2 is 2.05 bits per heavy atom. The Morgan fingerprint density at radius 1 is 1.25 bits per heavy atom. The fourth-order valence-electron chi connectivity index (χ4n) is 2.10. The minimum Gasteiger partial charge on any atom is -0.486 e. The number of carbonyl (C=O) groups is 1. The van der Waals surface area contributed by atoms with Gasteiger partial charge in [0.15, 0.2) is 17.3 Å². The highest BCUT2D eigenvalue weighted by Crippen LogP contribution is 2.34. The summed E-state index contributed by atoms with van der Waals surface area (Å²) in [6.45, 7) is 0.994. The average molecular weight is 285 g/mol. The molecule has 4 nitrogen and oxygen atoms in total. The first-order chi connectivity index (χ1) is 9.79. The van der Waals surface area contributed by atoms with Crippen LogP contribution in [-0.4, -0.2) is 19.0 Å². The number of benzene rings is 1. The fraction of sp³-hybridized carbons (Fsp3) is 0.200. The molecule has 0 saturated heterocycles. The van der Waals surface area contributed by atoms with Gasteiger partial charge in [-0.2, -0.15) is 16.6 Å². The van der Waals surface area contributed by atoms with Gasteiger partial charge in [0.25, 0.3) is 0 Å². The second-order valence-corrected chi connectivity index (χ2v) is 5.12. The van der Waals surface area contributed by atoms with Crippen LogP contribution in [0.5, 0.6) is 11.5 Å². The van der Waals surface area contributed by atoms with Crippen LogP contribution in [0.4, 0.5) is 0 Å². The van der Waals surface area contributed by atoms with Crippen LogP contribution in [0.1, 0.15) is 21.8 Å². The molecule has 2 aromatic rings. The Morgan fingerprint density at radius 3 is 2.75 bits per heavy atom. The Kier molecular flexibility index (Phi) is 3.40. The second-order valence-electron chi connectivity index (χ2n) is 4.34. The smallest absolute Gasteiger partial charge is 0.185 e. The molecule has 0 fully saturated rings. The van der Waals surface area contributed by atoms with Crippen molar-refractivity contribution in [2.45, 2.75) is 5.92 Å². The number of carbonyl (C=O) groups excluding carboxylic acids is 1. The van der Waals surface area contributed by atoms with E-state index in [2.05, 4.69) is 6.07 Å². The van der Waals surface area contributed by atoms with Crippen LogP contribution in [0.2, 0.25) is 0 Å². The highest BCUT2D eigenvalue weighted by Gasteiger charge is 2.24. The van der Waals surface area contributed by atoms with E-state index < -0.39 is 5.92 Å². The third kappa shape index (κ3) is 2.26. The summed E-state index contributed by atoms with van der Waals surface area (Å²) < 4.78 is 10.9.